The Morgan fingerprint density at radius 1 is 1.47 bits per heavy atom. The first kappa shape index (κ1) is 13.5. The fraction of sp³-hybridized carbons (Fsp3) is 0.429. The quantitative estimate of drug-likeness (QED) is 0.735. The van der Waals surface area contributed by atoms with Gasteiger partial charge in [0.1, 0.15) is 5.82 Å². The summed E-state index contributed by atoms with van der Waals surface area (Å²) in [6.07, 6.45) is 1.12. The number of imidazole rings is 1. The van der Waals surface area contributed by atoms with E-state index in [0.29, 0.717) is 25.8 Å². The van der Waals surface area contributed by atoms with E-state index in [2.05, 4.69) is 15.3 Å². The maximum absolute atomic E-state index is 11.6. The molecule has 19 heavy (non-hydrogen) atoms. The van der Waals surface area contributed by atoms with Crippen molar-refractivity contribution in [1.82, 2.24) is 15.3 Å². The average Bonchev–Trinajstić information content (AvgIpc) is 2.85. The first-order valence-electron chi connectivity index (χ1n) is 6.57. The van der Waals surface area contributed by atoms with Crippen molar-refractivity contribution in [3.8, 4) is 0 Å². The van der Waals surface area contributed by atoms with Crippen molar-refractivity contribution in [3.63, 3.8) is 0 Å². The minimum Gasteiger partial charge on any atom is -0.391 e. The molecule has 3 N–H and O–H groups in total. The van der Waals surface area contributed by atoms with Gasteiger partial charge in [-0.1, -0.05) is 19.1 Å². The number of nitrogens with one attached hydrogen (secondary N) is 2. The van der Waals surface area contributed by atoms with Crippen molar-refractivity contribution >= 4 is 16.9 Å². The third kappa shape index (κ3) is 3.79. The summed E-state index contributed by atoms with van der Waals surface area (Å²) < 4.78 is 0. The molecule has 1 amide bonds. The van der Waals surface area contributed by atoms with Gasteiger partial charge in [0, 0.05) is 19.4 Å². The normalized spacial score (nSPS) is 12.5. The number of aromatic amines is 1. The summed E-state index contributed by atoms with van der Waals surface area (Å²) in [4.78, 5) is 19.2. The molecule has 0 saturated heterocycles. The van der Waals surface area contributed by atoms with E-state index in [1.54, 1.807) is 0 Å². The molecule has 1 unspecified atom stereocenters. The van der Waals surface area contributed by atoms with Gasteiger partial charge in [0.25, 0.3) is 0 Å². The molecule has 1 atom stereocenters. The van der Waals surface area contributed by atoms with Gasteiger partial charge in [-0.25, -0.2) is 4.98 Å². The van der Waals surface area contributed by atoms with E-state index in [1.165, 1.54) is 0 Å². The first-order chi connectivity index (χ1) is 9.19. The van der Waals surface area contributed by atoms with Crippen LogP contribution >= 0.6 is 0 Å². The number of fused-ring (bicyclic) bond motifs is 1. The molecule has 1 heterocycles. The van der Waals surface area contributed by atoms with E-state index in [1.807, 2.05) is 31.2 Å². The number of aliphatic hydroxyl groups is 1. The molecule has 0 aliphatic rings. The zero-order valence-electron chi connectivity index (χ0n) is 11.0. The number of aliphatic hydroxyl groups excluding tert-OH is 1. The van der Waals surface area contributed by atoms with E-state index >= 15 is 0 Å². The molecule has 0 aliphatic carbocycles. The van der Waals surface area contributed by atoms with Crippen LogP contribution in [0.15, 0.2) is 24.3 Å². The van der Waals surface area contributed by atoms with Crippen LogP contribution in [-0.4, -0.2) is 33.6 Å². The van der Waals surface area contributed by atoms with Crippen LogP contribution in [0.25, 0.3) is 11.0 Å². The lowest BCUT2D eigenvalue weighted by Gasteiger charge is -2.08. The second-order valence-corrected chi connectivity index (χ2v) is 4.57. The lowest BCUT2D eigenvalue weighted by atomic mass is 10.2. The van der Waals surface area contributed by atoms with Crippen molar-refractivity contribution in [3.05, 3.63) is 30.1 Å². The second kappa shape index (κ2) is 6.33. The number of hydrogen-bond donors (Lipinski definition) is 3. The smallest absolute Gasteiger partial charge is 0.220 e. The molecular weight excluding hydrogens is 242 g/mol. The zero-order valence-corrected chi connectivity index (χ0v) is 11.0. The maximum Gasteiger partial charge on any atom is 0.220 e. The van der Waals surface area contributed by atoms with Gasteiger partial charge in [-0.15, -0.1) is 0 Å². The highest BCUT2D eigenvalue weighted by atomic mass is 16.3. The van der Waals surface area contributed by atoms with Crippen LogP contribution in [0.2, 0.25) is 0 Å². The van der Waals surface area contributed by atoms with Crippen LogP contribution in [0, 0.1) is 0 Å². The molecule has 0 saturated carbocycles. The summed E-state index contributed by atoms with van der Waals surface area (Å²) in [5, 5.41) is 12.1. The molecule has 2 rings (SSSR count). The third-order valence-electron chi connectivity index (χ3n) is 3.03. The number of para-hydroxylation sites is 2. The van der Waals surface area contributed by atoms with Crippen LogP contribution in [0.4, 0.5) is 0 Å². The monoisotopic (exact) mass is 261 g/mol. The Bertz CT molecular complexity index is 517. The minimum absolute atomic E-state index is 0.0621. The summed E-state index contributed by atoms with van der Waals surface area (Å²) in [6, 6.07) is 7.78. The number of H-pyrrole nitrogens is 1. The SMILES string of the molecule is CCC(O)CNC(=O)CCc1nc2ccccc2[nH]1. The summed E-state index contributed by atoms with van der Waals surface area (Å²) >= 11 is 0. The molecule has 5 heteroatoms. The molecule has 5 nitrogen and oxygen atoms in total. The number of aromatic nitrogens is 2. The average molecular weight is 261 g/mol. The minimum atomic E-state index is -0.463. The molecule has 0 bridgehead atoms. The van der Waals surface area contributed by atoms with E-state index in [0.717, 1.165) is 16.9 Å². The number of nitrogens with zero attached hydrogens (tertiary/aromatic N) is 1. The van der Waals surface area contributed by atoms with Gasteiger partial charge in [0.2, 0.25) is 5.91 Å². The molecule has 1 aromatic carbocycles. The van der Waals surface area contributed by atoms with Gasteiger partial charge in [-0.05, 0) is 18.6 Å². The number of benzene rings is 1. The van der Waals surface area contributed by atoms with E-state index in [9.17, 15) is 9.90 Å². The molecular formula is C14H19N3O2. The fourth-order valence-corrected chi connectivity index (χ4v) is 1.82. The Hall–Kier alpha value is -1.88. The molecule has 0 spiro atoms. The predicted molar refractivity (Wildman–Crippen MR) is 73.7 cm³/mol. The number of hydrogen-bond acceptors (Lipinski definition) is 3. The van der Waals surface area contributed by atoms with Gasteiger partial charge in [-0.3, -0.25) is 4.79 Å². The van der Waals surface area contributed by atoms with Crippen LogP contribution in [0.1, 0.15) is 25.6 Å². The Labute approximate surface area is 112 Å². The summed E-state index contributed by atoms with van der Waals surface area (Å²) in [5.74, 6) is 0.750. The number of carbonyl (C=O) groups is 1. The highest BCUT2D eigenvalue weighted by Crippen LogP contribution is 2.11. The lowest BCUT2D eigenvalue weighted by molar-refractivity contribution is -0.121. The fourth-order valence-electron chi connectivity index (χ4n) is 1.82. The molecule has 1 aromatic heterocycles. The Morgan fingerprint density at radius 3 is 3.00 bits per heavy atom. The second-order valence-electron chi connectivity index (χ2n) is 4.57. The Morgan fingerprint density at radius 2 is 2.26 bits per heavy atom. The highest BCUT2D eigenvalue weighted by molar-refractivity contribution is 5.77. The van der Waals surface area contributed by atoms with Crippen LogP contribution in [0.5, 0.6) is 0 Å². The van der Waals surface area contributed by atoms with Crippen molar-refractivity contribution in [1.29, 1.82) is 0 Å². The van der Waals surface area contributed by atoms with Crippen LogP contribution < -0.4 is 5.32 Å². The summed E-state index contributed by atoms with van der Waals surface area (Å²) in [6.45, 7) is 2.20. The van der Waals surface area contributed by atoms with E-state index in [-0.39, 0.29) is 5.91 Å². The third-order valence-corrected chi connectivity index (χ3v) is 3.03. The van der Waals surface area contributed by atoms with Crippen LogP contribution in [-0.2, 0) is 11.2 Å². The number of amides is 1. The van der Waals surface area contributed by atoms with Gasteiger partial charge >= 0.3 is 0 Å². The number of rotatable bonds is 6. The van der Waals surface area contributed by atoms with Gasteiger partial charge in [0.15, 0.2) is 0 Å². The maximum atomic E-state index is 11.6. The topological polar surface area (TPSA) is 78.0 Å². The highest BCUT2D eigenvalue weighted by Gasteiger charge is 2.07. The van der Waals surface area contributed by atoms with Gasteiger partial charge < -0.3 is 15.4 Å². The van der Waals surface area contributed by atoms with Crippen molar-refractivity contribution in [2.75, 3.05) is 6.54 Å². The Kier molecular flexibility index (Phi) is 4.52. The summed E-state index contributed by atoms with van der Waals surface area (Å²) in [7, 11) is 0. The predicted octanol–water partition coefficient (Wildman–Crippen LogP) is 1.38. The molecule has 0 radical (unpaired) electrons. The van der Waals surface area contributed by atoms with Crippen molar-refractivity contribution in [2.45, 2.75) is 32.3 Å². The summed E-state index contributed by atoms with van der Waals surface area (Å²) in [5.41, 5.74) is 1.90. The van der Waals surface area contributed by atoms with Gasteiger partial charge in [0.05, 0.1) is 17.1 Å². The van der Waals surface area contributed by atoms with Crippen molar-refractivity contribution < 1.29 is 9.90 Å². The molecule has 0 aliphatic heterocycles. The van der Waals surface area contributed by atoms with E-state index in [4.69, 9.17) is 0 Å². The first-order valence-corrected chi connectivity index (χ1v) is 6.57. The van der Waals surface area contributed by atoms with Gasteiger partial charge in [-0.2, -0.15) is 0 Å². The largest absolute Gasteiger partial charge is 0.391 e. The van der Waals surface area contributed by atoms with Crippen molar-refractivity contribution in [2.24, 2.45) is 0 Å². The number of carbonyl (C=O) groups excluding carboxylic acids is 1. The Balaban J connectivity index is 1.83. The standard InChI is InChI=1S/C14H19N3O2/c1-2-10(18)9-15-14(19)8-7-13-16-11-5-3-4-6-12(11)17-13/h3-6,10,18H,2,7-9H2,1H3,(H,15,19)(H,16,17). The lowest BCUT2D eigenvalue weighted by Crippen LogP contribution is -2.31. The molecule has 2 aromatic rings. The van der Waals surface area contributed by atoms with E-state index < -0.39 is 6.10 Å². The van der Waals surface area contributed by atoms with Crippen LogP contribution in [0.3, 0.4) is 0 Å². The zero-order chi connectivity index (χ0) is 13.7. The molecule has 0 fully saturated rings. The molecule has 102 valence electrons. The number of aryl methyl sites for hydroxylation is 1.